The zero-order chi connectivity index (χ0) is 18.8. The summed E-state index contributed by atoms with van der Waals surface area (Å²) in [5, 5.41) is 15.5. The first kappa shape index (κ1) is 17.0. The van der Waals surface area contributed by atoms with Crippen molar-refractivity contribution in [3.05, 3.63) is 71.6 Å². The highest BCUT2D eigenvalue weighted by Crippen LogP contribution is 2.25. The van der Waals surface area contributed by atoms with Crippen LogP contribution in [-0.4, -0.2) is 25.7 Å². The molecule has 0 saturated heterocycles. The van der Waals surface area contributed by atoms with E-state index in [1.54, 1.807) is 25.1 Å². The summed E-state index contributed by atoms with van der Waals surface area (Å²) in [5.74, 6) is -0.203. The van der Waals surface area contributed by atoms with Crippen LogP contribution in [0.3, 0.4) is 0 Å². The van der Waals surface area contributed by atoms with Gasteiger partial charge in [-0.15, -0.1) is 15.3 Å². The van der Waals surface area contributed by atoms with Crippen LogP contribution in [0.25, 0.3) is 22.4 Å². The summed E-state index contributed by atoms with van der Waals surface area (Å²) in [6.45, 7) is 1.69. The lowest BCUT2D eigenvalue weighted by molar-refractivity contribution is -0.111. The molecule has 0 aliphatic carbocycles. The van der Waals surface area contributed by atoms with Gasteiger partial charge in [0.05, 0.1) is 0 Å². The fourth-order valence-corrected chi connectivity index (χ4v) is 3.20. The molecule has 2 heterocycles. The predicted molar refractivity (Wildman–Crippen MR) is 103 cm³/mol. The molecule has 1 amide bonds. The van der Waals surface area contributed by atoms with E-state index in [1.807, 2.05) is 30.3 Å². The van der Waals surface area contributed by atoms with Crippen LogP contribution in [0.5, 0.6) is 0 Å². The largest absolute Gasteiger partial charge is 0.297 e. The van der Waals surface area contributed by atoms with Crippen molar-refractivity contribution in [2.45, 2.75) is 6.92 Å². The van der Waals surface area contributed by atoms with E-state index in [0.29, 0.717) is 27.0 Å². The van der Waals surface area contributed by atoms with Gasteiger partial charge in [0, 0.05) is 11.6 Å². The summed E-state index contributed by atoms with van der Waals surface area (Å²) >= 11 is 1.19. The van der Waals surface area contributed by atoms with Crippen molar-refractivity contribution in [2.24, 2.45) is 0 Å². The van der Waals surface area contributed by atoms with E-state index in [4.69, 9.17) is 0 Å². The lowest BCUT2D eigenvalue weighted by Gasteiger charge is -2.00. The first-order valence-electron chi connectivity index (χ1n) is 8.13. The van der Waals surface area contributed by atoms with Crippen molar-refractivity contribution < 1.29 is 9.18 Å². The Labute approximate surface area is 158 Å². The minimum absolute atomic E-state index is 0.299. The normalized spacial score (nSPS) is 11.3. The maximum atomic E-state index is 13.8. The summed E-state index contributed by atoms with van der Waals surface area (Å²) in [6, 6.07) is 14.3. The average Bonchev–Trinajstić information content (AvgIpc) is 3.23. The van der Waals surface area contributed by atoms with E-state index in [2.05, 4.69) is 20.6 Å². The van der Waals surface area contributed by atoms with Crippen molar-refractivity contribution in [2.75, 3.05) is 5.32 Å². The zero-order valence-electron chi connectivity index (χ0n) is 14.3. The third-order valence-corrected chi connectivity index (χ3v) is 4.69. The number of carbonyl (C=O) groups is 1. The van der Waals surface area contributed by atoms with Gasteiger partial charge in [0.25, 0.3) is 0 Å². The predicted octanol–water partition coefficient (Wildman–Crippen LogP) is 3.95. The first-order chi connectivity index (χ1) is 13.1. The van der Waals surface area contributed by atoms with Crippen LogP contribution in [-0.2, 0) is 4.79 Å². The highest BCUT2D eigenvalue weighted by molar-refractivity contribution is 7.20. The Kier molecular flexibility index (Phi) is 4.47. The number of halogens is 1. The van der Waals surface area contributed by atoms with Gasteiger partial charge in [0.2, 0.25) is 16.0 Å². The Morgan fingerprint density at radius 3 is 2.78 bits per heavy atom. The van der Waals surface area contributed by atoms with Gasteiger partial charge in [-0.2, -0.15) is 4.52 Å². The lowest BCUT2D eigenvalue weighted by Crippen LogP contribution is -2.08. The number of fused-ring (bicyclic) bond motifs is 1. The average molecular weight is 379 g/mol. The van der Waals surface area contributed by atoms with Crippen LogP contribution in [0.2, 0.25) is 0 Å². The molecule has 2 aromatic heterocycles. The number of aromatic nitrogens is 4. The molecule has 134 valence electrons. The van der Waals surface area contributed by atoms with Crippen LogP contribution in [0.4, 0.5) is 9.52 Å². The number of benzene rings is 2. The number of hydrogen-bond acceptors (Lipinski definition) is 5. The highest BCUT2D eigenvalue weighted by atomic mass is 32.1. The fraction of sp³-hybridized carbons (Fsp3) is 0.0526. The van der Waals surface area contributed by atoms with Crippen LogP contribution >= 0.6 is 11.3 Å². The van der Waals surface area contributed by atoms with E-state index in [9.17, 15) is 9.18 Å². The summed E-state index contributed by atoms with van der Waals surface area (Å²) in [5.41, 5.74) is 2.04. The molecule has 0 radical (unpaired) electrons. The van der Waals surface area contributed by atoms with E-state index in [1.165, 1.54) is 28.0 Å². The van der Waals surface area contributed by atoms with Crippen molar-refractivity contribution in [3.63, 3.8) is 0 Å². The maximum Gasteiger partial charge on any atom is 0.250 e. The molecule has 27 heavy (non-hydrogen) atoms. The van der Waals surface area contributed by atoms with Gasteiger partial charge in [-0.3, -0.25) is 10.1 Å². The monoisotopic (exact) mass is 379 g/mol. The fourth-order valence-electron chi connectivity index (χ4n) is 2.46. The zero-order valence-corrected chi connectivity index (χ0v) is 15.1. The smallest absolute Gasteiger partial charge is 0.250 e. The van der Waals surface area contributed by atoms with Crippen LogP contribution < -0.4 is 5.32 Å². The summed E-state index contributed by atoms with van der Waals surface area (Å²) in [4.78, 5) is 12.6. The number of amides is 1. The molecule has 8 heteroatoms. The van der Waals surface area contributed by atoms with Crippen LogP contribution in [0, 0.1) is 12.7 Å². The highest BCUT2D eigenvalue weighted by Gasteiger charge is 2.15. The van der Waals surface area contributed by atoms with Crippen molar-refractivity contribution in [1.82, 2.24) is 19.8 Å². The molecule has 1 N–H and O–H groups in total. The lowest BCUT2D eigenvalue weighted by atomic mass is 10.1. The van der Waals surface area contributed by atoms with Gasteiger partial charge in [-0.1, -0.05) is 53.8 Å². The minimum atomic E-state index is -0.320. The summed E-state index contributed by atoms with van der Waals surface area (Å²) < 4.78 is 15.3. The minimum Gasteiger partial charge on any atom is -0.297 e. The van der Waals surface area contributed by atoms with E-state index in [-0.39, 0.29) is 11.7 Å². The number of anilines is 1. The Bertz CT molecular complexity index is 1150. The van der Waals surface area contributed by atoms with Gasteiger partial charge in [-0.25, -0.2) is 4.39 Å². The Morgan fingerprint density at radius 1 is 1.19 bits per heavy atom. The second-order valence-electron chi connectivity index (χ2n) is 5.82. The summed E-state index contributed by atoms with van der Waals surface area (Å²) in [7, 11) is 0. The number of nitrogens with one attached hydrogen (secondary N) is 1. The van der Waals surface area contributed by atoms with Gasteiger partial charge in [0.1, 0.15) is 5.82 Å². The van der Waals surface area contributed by atoms with Crippen LogP contribution in [0.15, 0.2) is 54.6 Å². The number of hydrogen-bond donors (Lipinski definition) is 1. The van der Waals surface area contributed by atoms with Gasteiger partial charge in [0.15, 0.2) is 5.82 Å². The Hall–Kier alpha value is -3.39. The van der Waals surface area contributed by atoms with Crippen molar-refractivity contribution >= 4 is 33.4 Å². The summed E-state index contributed by atoms with van der Waals surface area (Å²) in [6.07, 6.45) is 3.16. The molecule has 4 rings (SSSR count). The molecule has 2 aromatic carbocycles. The maximum absolute atomic E-state index is 13.8. The van der Waals surface area contributed by atoms with E-state index in [0.717, 1.165) is 5.56 Å². The molecule has 0 unspecified atom stereocenters. The number of rotatable bonds is 4. The molecule has 0 aliphatic heterocycles. The molecular formula is C19H14FN5OS. The second kappa shape index (κ2) is 7.08. The van der Waals surface area contributed by atoms with Gasteiger partial charge < -0.3 is 0 Å². The molecular weight excluding hydrogens is 365 g/mol. The quantitative estimate of drug-likeness (QED) is 0.545. The Morgan fingerprint density at radius 2 is 2.00 bits per heavy atom. The molecule has 4 aromatic rings. The number of nitrogens with zero attached hydrogens (tertiary/aromatic N) is 4. The molecule has 0 spiro atoms. The molecule has 6 nitrogen and oxygen atoms in total. The molecule has 0 fully saturated rings. The Balaban J connectivity index is 1.55. The third-order valence-electron chi connectivity index (χ3n) is 3.88. The SMILES string of the molecule is Cc1ccc(-c2nnc3sc(NC(=O)/C=C/c4ccccc4)nn23)cc1F. The van der Waals surface area contributed by atoms with Crippen molar-refractivity contribution in [1.29, 1.82) is 0 Å². The van der Waals surface area contributed by atoms with Gasteiger partial charge >= 0.3 is 0 Å². The van der Waals surface area contributed by atoms with Crippen LogP contribution in [0.1, 0.15) is 11.1 Å². The number of aryl methyl sites for hydroxylation is 1. The van der Waals surface area contributed by atoms with E-state index < -0.39 is 0 Å². The molecule has 0 bridgehead atoms. The molecule has 0 saturated carbocycles. The molecule has 0 aliphatic rings. The topological polar surface area (TPSA) is 72.2 Å². The van der Waals surface area contributed by atoms with Crippen molar-refractivity contribution in [3.8, 4) is 11.4 Å². The van der Waals surface area contributed by atoms with E-state index >= 15 is 0 Å². The van der Waals surface area contributed by atoms with Gasteiger partial charge in [-0.05, 0) is 30.2 Å². The number of carbonyl (C=O) groups excluding carboxylic acids is 1. The molecule has 0 atom stereocenters. The standard InChI is InChI=1S/C19H14FN5OS/c1-12-7-9-14(11-15(12)20)17-22-23-19-25(17)24-18(27-19)21-16(26)10-8-13-5-3-2-4-6-13/h2-11H,1H3,(H,21,24,26)/b10-8+. The third kappa shape index (κ3) is 3.61. The second-order valence-corrected chi connectivity index (χ2v) is 6.78. The first-order valence-corrected chi connectivity index (χ1v) is 8.95.